The van der Waals surface area contributed by atoms with Gasteiger partial charge in [-0.2, -0.15) is 5.10 Å². The van der Waals surface area contributed by atoms with Gasteiger partial charge in [-0.3, -0.25) is 14.3 Å². The van der Waals surface area contributed by atoms with Gasteiger partial charge in [0.2, 0.25) is 0 Å². The molecule has 0 saturated heterocycles. The van der Waals surface area contributed by atoms with Gasteiger partial charge in [-0.25, -0.2) is 4.79 Å². The van der Waals surface area contributed by atoms with Gasteiger partial charge in [0.05, 0.1) is 17.3 Å². The number of carbonyl (C=O) groups is 3. The minimum absolute atomic E-state index is 0.212. The van der Waals surface area contributed by atoms with Crippen molar-refractivity contribution in [2.45, 2.75) is 26.3 Å². The Hall–Kier alpha value is -3.94. The largest absolute Gasteiger partial charge is 0.423 e. The highest BCUT2D eigenvalue weighted by Gasteiger charge is 2.16. The van der Waals surface area contributed by atoms with Crippen LogP contribution in [-0.2, 0) is 7.05 Å². The van der Waals surface area contributed by atoms with E-state index >= 15 is 0 Å². The average molecular weight is 420 g/mol. The van der Waals surface area contributed by atoms with Crippen molar-refractivity contribution in [3.8, 4) is 5.75 Å². The molecule has 31 heavy (non-hydrogen) atoms. The number of nitrogens with zero attached hydrogens (tertiary/aromatic N) is 2. The lowest BCUT2D eigenvalue weighted by Crippen LogP contribution is -2.40. The number of rotatable bonds is 5. The summed E-state index contributed by atoms with van der Waals surface area (Å²) in [5, 5.41) is 9.57. The fourth-order valence-electron chi connectivity index (χ4n) is 2.68. The van der Waals surface area contributed by atoms with E-state index in [1.165, 1.54) is 6.20 Å². The van der Waals surface area contributed by atoms with Crippen LogP contribution < -0.4 is 15.4 Å². The third-order valence-corrected chi connectivity index (χ3v) is 4.16. The summed E-state index contributed by atoms with van der Waals surface area (Å²) in [7, 11) is 1.73. The van der Waals surface area contributed by atoms with Crippen molar-refractivity contribution in [1.29, 1.82) is 0 Å². The first-order chi connectivity index (χ1) is 14.6. The Labute approximate surface area is 180 Å². The van der Waals surface area contributed by atoms with E-state index in [1.807, 2.05) is 20.8 Å². The van der Waals surface area contributed by atoms with E-state index in [0.717, 1.165) is 0 Å². The van der Waals surface area contributed by atoms with E-state index in [1.54, 1.807) is 66.5 Å². The van der Waals surface area contributed by atoms with Crippen molar-refractivity contribution in [3.63, 3.8) is 0 Å². The van der Waals surface area contributed by atoms with Crippen molar-refractivity contribution in [2.24, 2.45) is 7.05 Å². The molecule has 3 rings (SSSR count). The standard InChI is InChI=1S/C23H24N4O4/c1-23(2,3)26-21(29)15-5-7-16(8-6-15)22(30)31-19-11-9-18(10-12-19)25-20(28)17-13-24-27(4)14-17/h5-14H,1-4H3,(H,25,28)(H,26,29). The second-order valence-corrected chi connectivity index (χ2v) is 8.05. The Morgan fingerprint density at radius 3 is 2.03 bits per heavy atom. The van der Waals surface area contributed by atoms with Crippen LogP contribution in [0.2, 0.25) is 0 Å². The molecule has 0 aliphatic rings. The summed E-state index contributed by atoms with van der Waals surface area (Å²) >= 11 is 0. The van der Waals surface area contributed by atoms with Crippen LogP contribution in [0.3, 0.4) is 0 Å². The first-order valence-electron chi connectivity index (χ1n) is 9.65. The van der Waals surface area contributed by atoms with E-state index in [4.69, 9.17) is 4.74 Å². The van der Waals surface area contributed by atoms with E-state index in [9.17, 15) is 14.4 Å². The Kier molecular flexibility index (Phi) is 6.20. The normalized spacial score (nSPS) is 11.0. The molecule has 1 heterocycles. The Bertz CT molecular complexity index is 1090. The van der Waals surface area contributed by atoms with Crippen LogP contribution in [-0.4, -0.2) is 33.1 Å². The maximum absolute atomic E-state index is 12.4. The first kappa shape index (κ1) is 21.8. The second kappa shape index (κ2) is 8.83. The van der Waals surface area contributed by atoms with Crippen LogP contribution in [0.1, 0.15) is 51.8 Å². The molecule has 0 atom stereocenters. The fraction of sp³-hybridized carbons (Fsp3) is 0.217. The molecule has 2 amide bonds. The van der Waals surface area contributed by atoms with Crippen molar-refractivity contribution >= 4 is 23.5 Å². The maximum Gasteiger partial charge on any atom is 0.343 e. The number of ether oxygens (including phenoxy) is 1. The third-order valence-electron chi connectivity index (χ3n) is 4.16. The van der Waals surface area contributed by atoms with E-state index in [0.29, 0.717) is 28.1 Å². The predicted molar refractivity (Wildman–Crippen MR) is 116 cm³/mol. The van der Waals surface area contributed by atoms with Gasteiger partial charge < -0.3 is 15.4 Å². The summed E-state index contributed by atoms with van der Waals surface area (Å²) in [4.78, 5) is 36.7. The highest BCUT2D eigenvalue weighted by Crippen LogP contribution is 2.18. The minimum atomic E-state index is -0.546. The molecule has 0 spiro atoms. The second-order valence-electron chi connectivity index (χ2n) is 8.05. The number of aryl methyl sites for hydroxylation is 1. The summed E-state index contributed by atoms with van der Waals surface area (Å²) in [6.07, 6.45) is 3.09. The summed E-state index contributed by atoms with van der Waals surface area (Å²) in [6, 6.07) is 12.7. The Morgan fingerprint density at radius 2 is 1.48 bits per heavy atom. The van der Waals surface area contributed by atoms with Crippen molar-refractivity contribution in [1.82, 2.24) is 15.1 Å². The highest BCUT2D eigenvalue weighted by molar-refractivity contribution is 6.04. The summed E-state index contributed by atoms with van der Waals surface area (Å²) in [5.74, 6) is -0.710. The van der Waals surface area contributed by atoms with E-state index in [-0.39, 0.29) is 17.4 Å². The molecule has 0 saturated carbocycles. The molecule has 8 nitrogen and oxygen atoms in total. The van der Waals surface area contributed by atoms with Crippen molar-refractivity contribution in [2.75, 3.05) is 5.32 Å². The zero-order valence-electron chi connectivity index (χ0n) is 17.8. The van der Waals surface area contributed by atoms with Gasteiger partial charge in [-0.05, 0) is 69.3 Å². The number of benzene rings is 2. The van der Waals surface area contributed by atoms with Gasteiger partial charge >= 0.3 is 5.97 Å². The monoisotopic (exact) mass is 420 g/mol. The van der Waals surface area contributed by atoms with Gasteiger partial charge in [0.25, 0.3) is 11.8 Å². The van der Waals surface area contributed by atoms with Crippen LogP contribution in [0.25, 0.3) is 0 Å². The van der Waals surface area contributed by atoms with Crippen molar-refractivity contribution < 1.29 is 19.1 Å². The zero-order valence-corrected chi connectivity index (χ0v) is 17.8. The minimum Gasteiger partial charge on any atom is -0.423 e. The van der Waals surface area contributed by atoms with Gasteiger partial charge in [0.15, 0.2) is 0 Å². The van der Waals surface area contributed by atoms with Gasteiger partial charge in [0, 0.05) is 30.0 Å². The smallest absolute Gasteiger partial charge is 0.343 e. The molecule has 0 aliphatic carbocycles. The maximum atomic E-state index is 12.4. The lowest BCUT2D eigenvalue weighted by molar-refractivity contribution is 0.0733. The summed E-state index contributed by atoms with van der Waals surface area (Å²) in [5.41, 5.74) is 1.43. The van der Waals surface area contributed by atoms with Crippen LogP contribution in [0.5, 0.6) is 5.75 Å². The number of anilines is 1. The van der Waals surface area contributed by atoms with Crippen LogP contribution in [0, 0.1) is 0 Å². The van der Waals surface area contributed by atoms with E-state index in [2.05, 4.69) is 15.7 Å². The molecule has 8 heteroatoms. The number of carbonyl (C=O) groups excluding carboxylic acids is 3. The predicted octanol–water partition coefficient (Wildman–Crippen LogP) is 3.42. The number of hydrogen-bond acceptors (Lipinski definition) is 5. The zero-order chi connectivity index (χ0) is 22.6. The molecular formula is C23H24N4O4. The molecule has 2 aromatic carbocycles. The quantitative estimate of drug-likeness (QED) is 0.486. The van der Waals surface area contributed by atoms with Gasteiger partial charge in [-0.15, -0.1) is 0 Å². The van der Waals surface area contributed by atoms with E-state index < -0.39 is 5.97 Å². The number of hydrogen-bond donors (Lipinski definition) is 2. The number of nitrogens with one attached hydrogen (secondary N) is 2. The summed E-state index contributed by atoms with van der Waals surface area (Å²) < 4.78 is 6.91. The highest BCUT2D eigenvalue weighted by atomic mass is 16.5. The molecule has 0 aliphatic heterocycles. The number of aromatic nitrogens is 2. The SMILES string of the molecule is Cn1cc(C(=O)Nc2ccc(OC(=O)c3ccc(C(=O)NC(C)(C)C)cc3)cc2)cn1. The molecule has 0 fully saturated rings. The molecule has 0 unspecified atom stereocenters. The average Bonchev–Trinajstić information content (AvgIpc) is 3.15. The molecule has 3 aromatic rings. The topological polar surface area (TPSA) is 102 Å². The van der Waals surface area contributed by atoms with Crippen molar-refractivity contribution in [3.05, 3.63) is 77.6 Å². The van der Waals surface area contributed by atoms with Crippen LogP contribution in [0.15, 0.2) is 60.9 Å². The molecular weight excluding hydrogens is 396 g/mol. The van der Waals surface area contributed by atoms with Gasteiger partial charge in [-0.1, -0.05) is 0 Å². The van der Waals surface area contributed by atoms with Gasteiger partial charge in [0.1, 0.15) is 5.75 Å². The molecule has 0 radical (unpaired) electrons. The molecule has 160 valence electrons. The number of amides is 2. The first-order valence-corrected chi connectivity index (χ1v) is 9.65. The Balaban J connectivity index is 1.59. The van der Waals surface area contributed by atoms with Crippen LogP contribution in [0.4, 0.5) is 5.69 Å². The lowest BCUT2D eigenvalue weighted by atomic mass is 10.1. The molecule has 1 aromatic heterocycles. The number of esters is 1. The van der Waals surface area contributed by atoms with Crippen LogP contribution >= 0.6 is 0 Å². The fourth-order valence-corrected chi connectivity index (χ4v) is 2.68. The summed E-state index contributed by atoms with van der Waals surface area (Å²) in [6.45, 7) is 5.69. The Morgan fingerprint density at radius 1 is 0.871 bits per heavy atom. The molecule has 2 N–H and O–H groups in total. The lowest BCUT2D eigenvalue weighted by Gasteiger charge is -2.20. The third kappa shape index (κ3) is 6.02. The molecule has 0 bridgehead atoms.